The maximum absolute atomic E-state index is 11.9. The van der Waals surface area contributed by atoms with Crippen molar-refractivity contribution in [2.75, 3.05) is 26.8 Å². The van der Waals surface area contributed by atoms with Crippen LogP contribution in [0.25, 0.3) is 0 Å². The van der Waals surface area contributed by atoms with Gasteiger partial charge in [-0.05, 0) is 18.9 Å². The zero-order valence-electron chi connectivity index (χ0n) is 11.1. The van der Waals surface area contributed by atoms with Crippen LogP contribution < -0.4 is 9.47 Å². The fourth-order valence-electron chi connectivity index (χ4n) is 2.20. The molecule has 0 spiro atoms. The Kier molecular flexibility index (Phi) is 4.63. The number of amides is 1. The van der Waals surface area contributed by atoms with Gasteiger partial charge < -0.3 is 19.5 Å². The van der Waals surface area contributed by atoms with Gasteiger partial charge in [-0.25, -0.2) is 0 Å². The number of hydrogen-bond acceptors (Lipinski definition) is 4. The van der Waals surface area contributed by atoms with Crippen LogP contribution in [0.15, 0.2) is 18.2 Å². The standard InChI is InChI=1S/C14H19NO4/c1-18-12-6-4-5-11(9-16)14(12)19-10-13(17)15-7-2-3-8-15/h4-6,16H,2-3,7-10H2,1H3. The molecule has 1 fully saturated rings. The summed E-state index contributed by atoms with van der Waals surface area (Å²) in [6.45, 7) is 1.44. The van der Waals surface area contributed by atoms with Crippen LogP contribution >= 0.6 is 0 Å². The molecule has 2 rings (SSSR count). The molecule has 0 saturated carbocycles. The summed E-state index contributed by atoms with van der Waals surface area (Å²) < 4.78 is 10.7. The summed E-state index contributed by atoms with van der Waals surface area (Å²) in [7, 11) is 1.53. The van der Waals surface area contributed by atoms with E-state index in [1.807, 2.05) is 0 Å². The van der Waals surface area contributed by atoms with E-state index in [0.29, 0.717) is 17.1 Å². The maximum atomic E-state index is 11.9. The monoisotopic (exact) mass is 265 g/mol. The molecule has 5 nitrogen and oxygen atoms in total. The maximum Gasteiger partial charge on any atom is 0.260 e. The molecule has 1 N–H and O–H groups in total. The number of nitrogens with zero attached hydrogens (tertiary/aromatic N) is 1. The zero-order chi connectivity index (χ0) is 13.7. The van der Waals surface area contributed by atoms with E-state index in [1.54, 1.807) is 23.1 Å². The molecule has 0 radical (unpaired) electrons. The van der Waals surface area contributed by atoms with E-state index in [0.717, 1.165) is 25.9 Å². The average molecular weight is 265 g/mol. The van der Waals surface area contributed by atoms with Crippen molar-refractivity contribution in [3.63, 3.8) is 0 Å². The highest BCUT2D eigenvalue weighted by atomic mass is 16.5. The lowest BCUT2D eigenvalue weighted by molar-refractivity contribution is -0.132. The lowest BCUT2D eigenvalue weighted by Gasteiger charge is -2.17. The number of carbonyl (C=O) groups is 1. The third-order valence-corrected chi connectivity index (χ3v) is 3.25. The van der Waals surface area contributed by atoms with Gasteiger partial charge >= 0.3 is 0 Å². The minimum absolute atomic E-state index is 0.0205. The first-order valence-electron chi connectivity index (χ1n) is 6.43. The molecule has 0 atom stereocenters. The van der Waals surface area contributed by atoms with Gasteiger partial charge in [0, 0.05) is 18.7 Å². The Morgan fingerprint density at radius 2 is 2.11 bits per heavy atom. The van der Waals surface area contributed by atoms with Crippen molar-refractivity contribution < 1.29 is 19.4 Å². The molecule has 0 aromatic heterocycles. The van der Waals surface area contributed by atoms with Gasteiger partial charge in [0.1, 0.15) is 0 Å². The Hall–Kier alpha value is -1.75. The summed E-state index contributed by atoms with van der Waals surface area (Å²) >= 11 is 0. The number of rotatable bonds is 5. The first kappa shape index (κ1) is 13.7. The van der Waals surface area contributed by atoms with E-state index in [2.05, 4.69) is 0 Å². The molecule has 1 aliphatic heterocycles. The second-order valence-electron chi connectivity index (χ2n) is 4.48. The first-order chi connectivity index (χ1) is 9.26. The smallest absolute Gasteiger partial charge is 0.260 e. The molecule has 0 aliphatic carbocycles. The summed E-state index contributed by atoms with van der Waals surface area (Å²) in [4.78, 5) is 13.7. The summed E-state index contributed by atoms with van der Waals surface area (Å²) in [6, 6.07) is 5.27. The van der Waals surface area contributed by atoms with Crippen LogP contribution in [0.4, 0.5) is 0 Å². The number of ether oxygens (including phenoxy) is 2. The SMILES string of the molecule is COc1cccc(CO)c1OCC(=O)N1CCCC1. The highest BCUT2D eigenvalue weighted by Crippen LogP contribution is 2.31. The van der Waals surface area contributed by atoms with Gasteiger partial charge in [-0.3, -0.25) is 4.79 Å². The number of benzene rings is 1. The van der Waals surface area contributed by atoms with Crippen molar-refractivity contribution >= 4 is 5.91 Å². The average Bonchev–Trinajstić information content (AvgIpc) is 2.98. The number of aliphatic hydroxyl groups is 1. The van der Waals surface area contributed by atoms with Gasteiger partial charge in [0.25, 0.3) is 5.91 Å². The number of carbonyl (C=O) groups excluding carboxylic acids is 1. The van der Waals surface area contributed by atoms with Gasteiger partial charge in [-0.2, -0.15) is 0 Å². The second kappa shape index (κ2) is 6.43. The lowest BCUT2D eigenvalue weighted by Crippen LogP contribution is -2.32. The Labute approximate surface area is 112 Å². The van der Waals surface area contributed by atoms with Crippen LogP contribution in [0.3, 0.4) is 0 Å². The molecular weight excluding hydrogens is 246 g/mol. The van der Waals surface area contributed by atoms with E-state index in [-0.39, 0.29) is 19.1 Å². The zero-order valence-corrected chi connectivity index (χ0v) is 11.1. The molecule has 19 heavy (non-hydrogen) atoms. The van der Waals surface area contributed by atoms with Crippen molar-refractivity contribution in [3.8, 4) is 11.5 Å². The van der Waals surface area contributed by atoms with Gasteiger partial charge in [0.05, 0.1) is 13.7 Å². The normalized spacial score (nSPS) is 14.5. The van der Waals surface area contributed by atoms with Crippen LogP contribution in [0.5, 0.6) is 11.5 Å². The van der Waals surface area contributed by atoms with Gasteiger partial charge in [-0.1, -0.05) is 12.1 Å². The lowest BCUT2D eigenvalue weighted by atomic mass is 10.2. The largest absolute Gasteiger partial charge is 0.493 e. The number of para-hydroxylation sites is 1. The summed E-state index contributed by atoms with van der Waals surface area (Å²) in [5.41, 5.74) is 0.619. The van der Waals surface area contributed by atoms with Crippen LogP contribution in [0, 0.1) is 0 Å². The van der Waals surface area contributed by atoms with Gasteiger partial charge in [0.15, 0.2) is 18.1 Å². The Morgan fingerprint density at radius 1 is 1.37 bits per heavy atom. The molecule has 1 aromatic carbocycles. The predicted octanol–water partition coefficient (Wildman–Crippen LogP) is 1.19. The molecule has 1 amide bonds. The molecule has 0 unspecified atom stereocenters. The second-order valence-corrected chi connectivity index (χ2v) is 4.48. The number of hydrogen-bond donors (Lipinski definition) is 1. The van der Waals surface area contributed by atoms with E-state index in [9.17, 15) is 9.90 Å². The van der Waals surface area contributed by atoms with E-state index >= 15 is 0 Å². The molecule has 1 aliphatic rings. The number of likely N-dealkylation sites (tertiary alicyclic amines) is 1. The minimum atomic E-state index is -0.148. The van der Waals surface area contributed by atoms with E-state index in [4.69, 9.17) is 9.47 Å². The Balaban J connectivity index is 2.03. The van der Waals surface area contributed by atoms with Crippen LogP contribution in [-0.4, -0.2) is 42.7 Å². The number of methoxy groups -OCH3 is 1. The van der Waals surface area contributed by atoms with Crippen molar-refractivity contribution in [1.82, 2.24) is 4.90 Å². The molecule has 0 bridgehead atoms. The topological polar surface area (TPSA) is 59.0 Å². The van der Waals surface area contributed by atoms with Gasteiger partial charge in [0.2, 0.25) is 0 Å². The van der Waals surface area contributed by atoms with E-state index < -0.39 is 0 Å². The van der Waals surface area contributed by atoms with Gasteiger partial charge in [-0.15, -0.1) is 0 Å². The summed E-state index contributed by atoms with van der Waals surface area (Å²) in [5, 5.41) is 9.28. The van der Waals surface area contributed by atoms with Crippen molar-refractivity contribution in [3.05, 3.63) is 23.8 Å². The molecule has 1 aromatic rings. The molecule has 1 heterocycles. The van der Waals surface area contributed by atoms with Crippen LogP contribution in [-0.2, 0) is 11.4 Å². The van der Waals surface area contributed by atoms with Crippen LogP contribution in [0.2, 0.25) is 0 Å². The molecule has 1 saturated heterocycles. The Morgan fingerprint density at radius 3 is 2.74 bits per heavy atom. The molecular formula is C14H19NO4. The van der Waals surface area contributed by atoms with Crippen molar-refractivity contribution in [2.45, 2.75) is 19.4 Å². The summed E-state index contributed by atoms with van der Waals surface area (Å²) in [5.74, 6) is 0.952. The highest BCUT2D eigenvalue weighted by molar-refractivity contribution is 5.78. The molecule has 104 valence electrons. The van der Waals surface area contributed by atoms with Crippen molar-refractivity contribution in [2.24, 2.45) is 0 Å². The predicted molar refractivity (Wildman–Crippen MR) is 70.2 cm³/mol. The fourth-order valence-corrected chi connectivity index (χ4v) is 2.20. The summed E-state index contributed by atoms with van der Waals surface area (Å²) in [6.07, 6.45) is 2.12. The minimum Gasteiger partial charge on any atom is -0.493 e. The third kappa shape index (κ3) is 3.17. The highest BCUT2D eigenvalue weighted by Gasteiger charge is 2.19. The fraction of sp³-hybridized carbons (Fsp3) is 0.500. The van der Waals surface area contributed by atoms with E-state index in [1.165, 1.54) is 7.11 Å². The third-order valence-electron chi connectivity index (χ3n) is 3.25. The number of aliphatic hydroxyl groups excluding tert-OH is 1. The Bertz CT molecular complexity index is 419. The quantitative estimate of drug-likeness (QED) is 0.868. The van der Waals surface area contributed by atoms with Crippen molar-refractivity contribution in [1.29, 1.82) is 0 Å². The first-order valence-corrected chi connectivity index (χ1v) is 6.43. The van der Waals surface area contributed by atoms with Crippen LogP contribution in [0.1, 0.15) is 18.4 Å². The molecule has 5 heteroatoms.